The Hall–Kier alpha value is -2.10. The van der Waals surface area contributed by atoms with Crippen LogP contribution in [0.3, 0.4) is 0 Å². The van der Waals surface area contributed by atoms with Gasteiger partial charge in [-0.1, -0.05) is 35.9 Å². The van der Waals surface area contributed by atoms with Crippen molar-refractivity contribution >= 4 is 12.0 Å². The highest BCUT2D eigenvalue weighted by atomic mass is 16.6. The second-order valence-electron chi connectivity index (χ2n) is 6.29. The Morgan fingerprint density at radius 2 is 1.86 bits per heavy atom. The van der Waals surface area contributed by atoms with Crippen LogP contribution in [-0.4, -0.2) is 29.0 Å². The van der Waals surface area contributed by atoms with Crippen LogP contribution in [0.4, 0.5) is 4.79 Å². The van der Waals surface area contributed by atoms with Crippen LogP contribution >= 0.6 is 0 Å². The van der Waals surface area contributed by atoms with E-state index in [1.165, 1.54) is 0 Å². The SMILES string of the molecule is C/C(Cc1ccccc1)=C1/CN(C(=O)OC(C)(C)C)C1=O. The minimum Gasteiger partial charge on any atom is -0.443 e. The molecule has 4 heteroatoms. The molecule has 2 rings (SSSR count). The number of allylic oxidation sites excluding steroid dienone is 1. The van der Waals surface area contributed by atoms with Crippen LogP contribution in [-0.2, 0) is 16.0 Å². The molecule has 1 aliphatic heterocycles. The first-order valence-electron chi connectivity index (χ1n) is 7.05. The van der Waals surface area contributed by atoms with Gasteiger partial charge in [0, 0.05) is 5.57 Å². The van der Waals surface area contributed by atoms with E-state index in [-0.39, 0.29) is 5.91 Å². The van der Waals surface area contributed by atoms with Gasteiger partial charge in [-0.15, -0.1) is 0 Å². The molecule has 2 amide bonds. The van der Waals surface area contributed by atoms with Gasteiger partial charge >= 0.3 is 6.09 Å². The first-order chi connectivity index (χ1) is 9.78. The number of hydrogen-bond acceptors (Lipinski definition) is 3. The van der Waals surface area contributed by atoms with Gasteiger partial charge in [0.2, 0.25) is 0 Å². The summed E-state index contributed by atoms with van der Waals surface area (Å²) in [7, 11) is 0. The summed E-state index contributed by atoms with van der Waals surface area (Å²) in [6, 6.07) is 9.97. The summed E-state index contributed by atoms with van der Waals surface area (Å²) in [5.41, 5.74) is 2.29. The van der Waals surface area contributed by atoms with Crippen LogP contribution in [0.25, 0.3) is 0 Å². The summed E-state index contributed by atoms with van der Waals surface area (Å²) < 4.78 is 5.20. The summed E-state index contributed by atoms with van der Waals surface area (Å²) in [6.07, 6.45) is 0.160. The summed E-state index contributed by atoms with van der Waals surface area (Å²) in [5, 5.41) is 0. The molecule has 0 aromatic heterocycles. The number of carbonyl (C=O) groups is 2. The van der Waals surface area contributed by atoms with Crippen molar-refractivity contribution < 1.29 is 14.3 Å². The molecule has 0 atom stereocenters. The molecular weight excluding hydrogens is 266 g/mol. The van der Waals surface area contributed by atoms with Gasteiger partial charge in [-0.3, -0.25) is 4.79 Å². The van der Waals surface area contributed by atoms with Gasteiger partial charge in [-0.25, -0.2) is 9.69 Å². The fourth-order valence-electron chi connectivity index (χ4n) is 2.16. The third-order valence-electron chi connectivity index (χ3n) is 3.26. The number of ether oxygens (including phenoxy) is 1. The molecular formula is C17H21NO3. The Labute approximate surface area is 125 Å². The van der Waals surface area contributed by atoms with E-state index >= 15 is 0 Å². The number of rotatable bonds is 2. The summed E-state index contributed by atoms with van der Waals surface area (Å²) in [4.78, 5) is 25.1. The van der Waals surface area contributed by atoms with Crippen LogP contribution in [0.1, 0.15) is 33.3 Å². The number of amides is 2. The largest absolute Gasteiger partial charge is 0.443 e. The van der Waals surface area contributed by atoms with E-state index in [1.54, 1.807) is 20.8 Å². The Bertz CT molecular complexity index is 582. The fraction of sp³-hybridized carbons (Fsp3) is 0.412. The smallest absolute Gasteiger partial charge is 0.417 e. The lowest BCUT2D eigenvalue weighted by Crippen LogP contribution is -2.52. The number of benzene rings is 1. The zero-order valence-corrected chi connectivity index (χ0v) is 13.0. The maximum Gasteiger partial charge on any atom is 0.417 e. The van der Waals surface area contributed by atoms with E-state index in [0.29, 0.717) is 12.1 Å². The van der Waals surface area contributed by atoms with Crippen LogP contribution in [0.15, 0.2) is 41.5 Å². The fourth-order valence-corrected chi connectivity index (χ4v) is 2.16. The van der Waals surface area contributed by atoms with E-state index in [4.69, 9.17) is 4.74 Å². The highest BCUT2D eigenvalue weighted by molar-refractivity contribution is 6.09. The van der Waals surface area contributed by atoms with Crippen molar-refractivity contribution in [1.82, 2.24) is 4.90 Å². The zero-order valence-electron chi connectivity index (χ0n) is 13.0. The predicted molar refractivity (Wildman–Crippen MR) is 80.8 cm³/mol. The third kappa shape index (κ3) is 3.72. The summed E-state index contributed by atoms with van der Waals surface area (Å²) >= 11 is 0. The lowest BCUT2D eigenvalue weighted by Gasteiger charge is -2.34. The van der Waals surface area contributed by atoms with Gasteiger partial charge in [-0.2, -0.15) is 0 Å². The molecule has 0 aliphatic carbocycles. The van der Waals surface area contributed by atoms with Crippen LogP contribution < -0.4 is 0 Å². The molecule has 0 unspecified atom stereocenters. The molecule has 1 aromatic carbocycles. The average Bonchev–Trinajstić information content (AvgIpc) is 2.36. The van der Waals surface area contributed by atoms with E-state index in [2.05, 4.69) is 0 Å². The molecule has 1 aliphatic rings. The van der Waals surface area contributed by atoms with Crippen molar-refractivity contribution in [1.29, 1.82) is 0 Å². The second-order valence-corrected chi connectivity index (χ2v) is 6.29. The summed E-state index contributed by atoms with van der Waals surface area (Å²) in [5.74, 6) is -0.238. The molecule has 1 heterocycles. The van der Waals surface area contributed by atoms with Crippen LogP contribution in [0.5, 0.6) is 0 Å². The lowest BCUT2D eigenvalue weighted by atomic mass is 9.96. The molecule has 0 N–H and O–H groups in total. The Balaban J connectivity index is 2.01. The maximum absolute atomic E-state index is 12.1. The predicted octanol–water partition coefficient (Wildman–Crippen LogP) is 3.32. The minimum atomic E-state index is -0.587. The third-order valence-corrected chi connectivity index (χ3v) is 3.26. The average molecular weight is 287 g/mol. The van der Waals surface area contributed by atoms with E-state index < -0.39 is 11.7 Å². The first-order valence-corrected chi connectivity index (χ1v) is 7.05. The van der Waals surface area contributed by atoms with Crippen LogP contribution in [0, 0.1) is 0 Å². The monoisotopic (exact) mass is 287 g/mol. The topological polar surface area (TPSA) is 46.6 Å². The van der Waals surface area contributed by atoms with Gasteiger partial charge in [0.25, 0.3) is 5.91 Å². The van der Waals surface area contributed by atoms with Gasteiger partial charge in [0.15, 0.2) is 0 Å². The van der Waals surface area contributed by atoms with Crippen molar-refractivity contribution in [2.45, 2.75) is 39.7 Å². The number of β-lactam (4-membered cyclic amide) rings is 1. The molecule has 0 radical (unpaired) electrons. The number of hydrogen-bond donors (Lipinski definition) is 0. The Morgan fingerprint density at radius 1 is 1.24 bits per heavy atom. The highest BCUT2D eigenvalue weighted by Crippen LogP contribution is 2.25. The van der Waals surface area contributed by atoms with Gasteiger partial charge in [-0.05, 0) is 39.7 Å². The van der Waals surface area contributed by atoms with Crippen molar-refractivity contribution in [2.24, 2.45) is 0 Å². The Kier molecular flexibility index (Phi) is 4.16. The number of likely N-dealkylation sites (tertiary alicyclic amines) is 1. The van der Waals surface area contributed by atoms with Crippen molar-refractivity contribution in [2.75, 3.05) is 6.54 Å². The summed E-state index contributed by atoms with van der Waals surface area (Å²) in [6.45, 7) is 7.63. The van der Waals surface area contributed by atoms with E-state index in [0.717, 1.165) is 22.5 Å². The first kappa shape index (κ1) is 15.3. The van der Waals surface area contributed by atoms with Crippen LogP contribution in [0.2, 0.25) is 0 Å². The molecule has 1 saturated heterocycles. The molecule has 1 fully saturated rings. The minimum absolute atomic E-state index is 0.238. The standard InChI is InChI=1S/C17H21NO3/c1-12(10-13-8-6-5-7-9-13)14-11-18(15(14)19)16(20)21-17(2,3)4/h5-9H,10-11H2,1-4H3/b14-12+. The van der Waals surface area contributed by atoms with Crippen molar-refractivity contribution in [3.05, 3.63) is 47.0 Å². The molecule has 4 nitrogen and oxygen atoms in total. The highest BCUT2D eigenvalue weighted by Gasteiger charge is 2.39. The quantitative estimate of drug-likeness (QED) is 0.619. The van der Waals surface area contributed by atoms with E-state index in [1.807, 2.05) is 37.3 Å². The maximum atomic E-state index is 12.1. The molecule has 0 spiro atoms. The normalized spacial score (nSPS) is 17.3. The molecule has 1 aromatic rings. The van der Waals surface area contributed by atoms with Crippen molar-refractivity contribution in [3.63, 3.8) is 0 Å². The van der Waals surface area contributed by atoms with Crippen molar-refractivity contribution in [3.8, 4) is 0 Å². The van der Waals surface area contributed by atoms with Gasteiger partial charge < -0.3 is 4.74 Å². The Morgan fingerprint density at radius 3 is 2.38 bits per heavy atom. The molecule has 0 saturated carbocycles. The van der Waals surface area contributed by atoms with E-state index in [9.17, 15) is 9.59 Å². The molecule has 0 bridgehead atoms. The second kappa shape index (κ2) is 5.72. The molecule has 112 valence electrons. The zero-order chi connectivity index (χ0) is 15.6. The molecule has 21 heavy (non-hydrogen) atoms. The number of carbonyl (C=O) groups excluding carboxylic acids is 2. The number of imide groups is 1. The van der Waals surface area contributed by atoms with Gasteiger partial charge in [0.1, 0.15) is 5.60 Å². The van der Waals surface area contributed by atoms with Gasteiger partial charge in [0.05, 0.1) is 6.54 Å². The lowest BCUT2D eigenvalue weighted by molar-refractivity contribution is -0.131. The number of nitrogens with zero attached hydrogens (tertiary/aromatic N) is 1.